The van der Waals surface area contributed by atoms with Crippen LogP contribution >= 0.6 is 11.3 Å². The van der Waals surface area contributed by atoms with Gasteiger partial charge in [0.2, 0.25) is 0 Å². The van der Waals surface area contributed by atoms with E-state index < -0.39 is 16.0 Å². The fourth-order valence-electron chi connectivity index (χ4n) is 1.07. The standard InChI is InChI=1S/C7H7N5O4S2/c1-12-9-7(8-11-12)10-18(15,16)5-2-4(3-17-5)6(13)14/h2-3H,1H3,(H,9,10)(H,13,14). The van der Waals surface area contributed by atoms with E-state index >= 15 is 0 Å². The molecule has 9 nitrogen and oxygen atoms in total. The Bertz CT molecular complexity index is 688. The Labute approximate surface area is 105 Å². The van der Waals surface area contributed by atoms with Crippen LogP contribution in [0.1, 0.15) is 10.4 Å². The molecule has 96 valence electrons. The van der Waals surface area contributed by atoms with E-state index in [0.29, 0.717) is 0 Å². The summed E-state index contributed by atoms with van der Waals surface area (Å²) in [5, 5.41) is 20.5. The number of hydrogen-bond acceptors (Lipinski definition) is 7. The summed E-state index contributed by atoms with van der Waals surface area (Å²) in [6.45, 7) is 0. The fourth-order valence-corrected chi connectivity index (χ4v) is 3.15. The molecule has 0 spiro atoms. The van der Waals surface area contributed by atoms with Gasteiger partial charge in [-0.25, -0.2) is 17.9 Å². The number of nitrogens with zero attached hydrogens (tertiary/aromatic N) is 4. The molecule has 2 N–H and O–H groups in total. The van der Waals surface area contributed by atoms with Crippen molar-refractivity contribution in [1.82, 2.24) is 20.2 Å². The molecule has 0 aromatic carbocycles. The van der Waals surface area contributed by atoms with Crippen LogP contribution in [0.2, 0.25) is 0 Å². The van der Waals surface area contributed by atoms with Crippen molar-refractivity contribution in [2.75, 3.05) is 4.72 Å². The number of carboxylic acid groups (broad SMARTS) is 1. The van der Waals surface area contributed by atoms with Crippen LogP contribution in [0.4, 0.5) is 5.95 Å². The number of rotatable bonds is 4. The number of aryl methyl sites for hydroxylation is 1. The van der Waals surface area contributed by atoms with E-state index in [-0.39, 0.29) is 15.7 Å². The van der Waals surface area contributed by atoms with Crippen LogP contribution in [0.3, 0.4) is 0 Å². The SMILES string of the molecule is Cn1nnc(NS(=O)(=O)c2cc(C(=O)O)cs2)n1. The van der Waals surface area contributed by atoms with Crippen LogP contribution in [-0.4, -0.2) is 39.7 Å². The van der Waals surface area contributed by atoms with Crippen molar-refractivity contribution in [2.24, 2.45) is 7.05 Å². The molecule has 11 heteroatoms. The van der Waals surface area contributed by atoms with Crippen LogP contribution in [0.25, 0.3) is 0 Å². The van der Waals surface area contributed by atoms with Gasteiger partial charge in [0.1, 0.15) is 4.21 Å². The molecule has 0 aliphatic rings. The second kappa shape index (κ2) is 4.34. The van der Waals surface area contributed by atoms with E-state index in [1.165, 1.54) is 12.4 Å². The van der Waals surface area contributed by atoms with Gasteiger partial charge in [-0.2, -0.15) is 4.80 Å². The van der Waals surface area contributed by atoms with Crippen LogP contribution < -0.4 is 4.72 Å². The predicted octanol–water partition coefficient (Wildman–Crippen LogP) is -0.229. The summed E-state index contributed by atoms with van der Waals surface area (Å²) in [5.74, 6) is -1.37. The van der Waals surface area contributed by atoms with Crippen LogP contribution in [0.5, 0.6) is 0 Å². The number of aromatic carboxylic acids is 1. The number of anilines is 1. The van der Waals surface area contributed by atoms with Gasteiger partial charge < -0.3 is 5.11 Å². The summed E-state index contributed by atoms with van der Waals surface area (Å²) < 4.78 is 25.6. The Morgan fingerprint density at radius 2 is 2.28 bits per heavy atom. The molecule has 0 aliphatic carbocycles. The highest BCUT2D eigenvalue weighted by Gasteiger charge is 2.20. The second-order valence-corrected chi connectivity index (χ2v) is 5.99. The van der Waals surface area contributed by atoms with Crippen molar-refractivity contribution in [3.63, 3.8) is 0 Å². The van der Waals surface area contributed by atoms with Gasteiger partial charge in [-0.1, -0.05) is 5.10 Å². The highest BCUT2D eigenvalue weighted by atomic mass is 32.2. The molecule has 0 aliphatic heterocycles. The first kappa shape index (κ1) is 12.4. The van der Waals surface area contributed by atoms with Crippen molar-refractivity contribution in [1.29, 1.82) is 0 Å². The third-order valence-electron chi connectivity index (χ3n) is 1.82. The summed E-state index contributed by atoms with van der Waals surface area (Å²) in [6.07, 6.45) is 0. The molecule has 0 unspecified atom stereocenters. The number of aromatic nitrogens is 4. The minimum atomic E-state index is -3.89. The maximum atomic E-state index is 11.8. The monoisotopic (exact) mass is 289 g/mol. The van der Waals surface area contributed by atoms with Crippen molar-refractivity contribution in [3.8, 4) is 0 Å². The van der Waals surface area contributed by atoms with Crippen molar-refractivity contribution in [3.05, 3.63) is 17.0 Å². The van der Waals surface area contributed by atoms with E-state index in [2.05, 4.69) is 20.1 Å². The average molecular weight is 289 g/mol. The van der Waals surface area contributed by atoms with Gasteiger partial charge in [-0.15, -0.1) is 16.4 Å². The zero-order valence-electron chi connectivity index (χ0n) is 8.93. The Morgan fingerprint density at radius 3 is 2.78 bits per heavy atom. The van der Waals surface area contributed by atoms with E-state index in [0.717, 1.165) is 22.2 Å². The molecule has 0 atom stereocenters. The maximum absolute atomic E-state index is 11.8. The highest BCUT2D eigenvalue weighted by molar-refractivity contribution is 7.94. The van der Waals surface area contributed by atoms with E-state index in [9.17, 15) is 13.2 Å². The Hall–Kier alpha value is -2.01. The third kappa shape index (κ3) is 2.46. The summed E-state index contributed by atoms with van der Waals surface area (Å²) in [6, 6.07) is 1.06. The number of thiophene rings is 1. The molecular weight excluding hydrogens is 282 g/mol. The van der Waals surface area contributed by atoms with Gasteiger partial charge in [0.05, 0.1) is 12.6 Å². The number of tetrazole rings is 1. The van der Waals surface area contributed by atoms with Crippen LogP contribution in [-0.2, 0) is 17.1 Å². The Kier molecular flexibility index (Phi) is 3.00. The minimum absolute atomic E-state index is 0.0903. The number of hydrogen-bond donors (Lipinski definition) is 2. The molecule has 0 radical (unpaired) electrons. The Morgan fingerprint density at radius 1 is 1.56 bits per heavy atom. The first-order valence-corrected chi connectivity index (χ1v) is 6.83. The number of sulfonamides is 1. The molecule has 2 heterocycles. The number of carboxylic acids is 1. The average Bonchev–Trinajstić information content (AvgIpc) is 2.86. The quantitative estimate of drug-likeness (QED) is 0.795. The van der Waals surface area contributed by atoms with Gasteiger partial charge in [0, 0.05) is 5.38 Å². The lowest BCUT2D eigenvalue weighted by Gasteiger charge is -1.99. The van der Waals surface area contributed by atoms with E-state index in [4.69, 9.17) is 5.11 Å². The van der Waals surface area contributed by atoms with Crippen molar-refractivity contribution >= 4 is 33.3 Å². The first-order chi connectivity index (χ1) is 8.38. The first-order valence-electron chi connectivity index (χ1n) is 4.47. The molecule has 18 heavy (non-hydrogen) atoms. The smallest absolute Gasteiger partial charge is 0.336 e. The lowest BCUT2D eigenvalue weighted by Crippen LogP contribution is -2.13. The molecule has 0 amide bonds. The van der Waals surface area contributed by atoms with Gasteiger partial charge in [-0.05, 0) is 11.3 Å². The zero-order chi connectivity index (χ0) is 13.3. The highest BCUT2D eigenvalue weighted by Crippen LogP contribution is 2.21. The number of nitrogens with one attached hydrogen (secondary N) is 1. The fraction of sp³-hybridized carbons (Fsp3) is 0.143. The Balaban J connectivity index is 2.27. The lowest BCUT2D eigenvalue weighted by atomic mass is 10.4. The second-order valence-electron chi connectivity index (χ2n) is 3.17. The molecule has 0 saturated heterocycles. The topological polar surface area (TPSA) is 127 Å². The van der Waals surface area contributed by atoms with Gasteiger partial charge >= 0.3 is 5.97 Å². The van der Waals surface area contributed by atoms with Gasteiger partial charge in [0.15, 0.2) is 0 Å². The van der Waals surface area contributed by atoms with Crippen LogP contribution in [0, 0.1) is 0 Å². The molecule has 0 fully saturated rings. The molecule has 2 aromatic rings. The molecule has 2 rings (SSSR count). The van der Waals surface area contributed by atoms with E-state index in [1.807, 2.05) is 0 Å². The molecule has 2 aromatic heterocycles. The largest absolute Gasteiger partial charge is 0.478 e. The molecule has 0 saturated carbocycles. The number of carbonyl (C=O) groups is 1. The maximum Gasteiger partial charge on any atom is 0.336 e. The van der Waals surface area contributed by atoms with Crippen LogP contribution in [0.15, 0.2) is 15.7 Å². The normalized spacial score (nSPS) is 11.4. The summed E-state index contributed by atoms with van der Waals surface area (Å²) in [5.41, 5.74) is -0.0903. The summed E-state index contributed by atoms with van der Waals surface area (Å²) >= 11 is 0.797. The lowest BCUT2D eigenvalue weighted by molar-refractivity contribution is 0.0697. The summed E-state index contributed by atoms with van der Waals surface area (Å²) in [4.78, 5) is 11.7. The summed E-state index contributed by atoms with van der Waals surface area (Å²) in [7, 11) is -2.40. The zero-order valence-corrected chi connectivity index (χ0v) is 10.6. The van der Waals surface area contributed by atoms with E-state index in [1.54, 1.807) is 0 Å². The van der Waals surface area contributed by atoms with Crippen molar-refractivity contribution < 1.29 is 18.3 Å². The third-order valence-corrected chi connectivity index (χ3v) is 4.59. The minimum Gasteiger partial charge on any atom is -0.478 e. The van der Waals surface area contributed by atoms with Gasteiger partial charge in [-0.3, -0.25) is 0 Å². The molecule has 0 bridgehead atoms. The van der Waals surface area contributed by atoms with Crippen molar-refractivity contribution in [2.45, 2.75) is 4.21 Å². The van der Waals surface area contributed by atoms with Gasteiger partial charge in [0.25, 0.3) is 16.0 Å². The molecular formula is C7H7N5O4S2. The predicted molar refractivity (Wildman–Crippen MR) is 60.9 cm³/mol.